The van der Waals surface area contributed by atoms with E-state index in [4.69, 9.17) is 21.7 Å². The Morgan fingerprint density at radius 2 is 2.00 bits per heavy atom. The fraction of sp³-hybridized carbons (Fsp3) is 0.562. The highest BCUT2D eigenvalue weighted by Gasteiger charge is 2.11. The molecule has 0 aliphatic rings. The quantitative estimate of drug-likeness (QED) is 0.746. The van der Waals surface area contributed by atoms with Crippen LogP contribution in [0.2, 0.25) is 0 Å². The van der Waals surface area contributed by atoms with Gasteiger partial charge in [-0.15, -0.1) is 0 Å². The monoisotopic (exact) mass is 310 g/mol. The van der Waals surface area contributed by atoms with Crippen molar-refractivity contribution >= 4 is 17.3 Å². The van der Waals surface area contributed by atoms with Gasteiger partial charge in [0.1, 0.15) is 0 Å². The molecule has 21 heavy (non-hydrogen) atoms. The molecular weight excluding hydrogens is 284 g/mol. The van der Waals surface area contributed by atoms with Crippen molar-refractivity contribution in [1.29, 1.82) is 0 Å². The summed E-state index contributed by atoms with van der Waals surface area (Å²) >= 11 is 5.34. The molecule has 0 bridgehead atoms. The smallest absolute Gasteiger partial charge is 0.168 e. The summed E-state index contributed by atoms with van der Waals surface area (Å²) in [5.74, 6) is 1.56. The van der Waals surface area contributed by atoms with Crippen LogP contribution in [-0.2, 0) is 6.54 Å². The Bertz CT molecular complexity index is 452. The van der Waals surface area contributed by atoms with Gasteiger partial charge in [-0.2, -0.15) is 0 Å². The van der Waals surface area contributed by atoms with E-state index < -0.39 is 0 Å². The fourth-order valence-corrected chi connectivity index (χ4v) is 2.20. The van der Waals surface area contributed by atoms with E-state index in [0.29, 0.717) is 6.61 Å². The van der Waals surface area contributed by atoms with Crippen LogP contribution >= 0.6 is 12.2 Å². The first kappa shape index (κ1) is 17.6. The second-order valence-corrected chi connectivity index (χ2v) is 5.20. The Morgan fingerprint density at radius 1 is 1.24 bits per heavy atom. The molecule has 0 spiro atoms. The van der Waals surface area contributed by atoms with E-state index in [2.05, 4.69) is 30.1 Å². The molecule has 5 heteroatoms. The highest BCUT2D eigenvalue weighted by atomic mass is 32.1. The number of rotatable bonds is 8. The van der Waals surface area contributed by atoms with Crippen LogP contribution in [0.25, 0.3) is 0 Å². The third-order valence-corrected chi connectivity index (χ3v) is 3.52. The minimum atomic E-state index is 0.696. The van der Waals surface area contributed by atoms with Crippen molar-refractivity contribution in [1.82, 2.24) is 10.2 Å². The molecule has 0 saturated carbocycles. The summed E-state index contributed by atoms with van der Waals surface area (Å²) in [6.45, 7) is 6.62. The Hall–Kier alpha value is -1.49. The fourth-order valence-electron chi connectivity index (χ4n) is 2.04. The Balaban J connectivity index is 2.84. The molecule has 0 aliphatic heterocycles. The SMILES string of the molecule is CCCOc1ccc(CN(CCC)C(=S)NC)cc1OC. The Labute approximate surface area is 133 Å². The van der Waals surface area contributed by atoms with Gasteiger partial charge in [-0.05, 0) is 42.8 Å². The number of hydrogen-bond donors (Lipinski definition) is 1. The molecule has 118 valence electrons. The van der Waals surface area contributed by atoms with E-state index in [1.165, 1.54) is 0 Å². The number of methoxy groups -OCH3 is 1. The van der Waals surface area contributed by atoms with Crippen LogP contribution in [0.3, 0.4) is 0 Å². The van der Waals surface area contributed by atoms with Crippen LogP contribution in [0.1, 0.15) is 32.3 Å². The average molecular weight is 310 g/mol. The zero-order valence-corrected chi connectivity index (χ0v) is 14.3. The van der Waals surface area contributed by atoms with Gasteiger partial charge in [0.25, 0.3) is 0 Å². The Morgan fingerprint density at radius 3 is 2.57 bits per heavy atom. The first-order valence-electron chi connectivity index (χ1n) is 7.42. The van der Waals surface area contributed by atoms with E-state index in [-0.39, 0.29) is 0 Å². The van der Waals surface area contributed by atoms with Gasteiger partial charge in [-0.1, -0.05) is 19.9 Å². The number of nitrogens with zero attached hydrogens (tertiary/aromatic N) is 1. The predicted molar refractivity (Wildman–Crippen MR) is 91.1 cm³/mol. The van der Waals surface area contributed by atoms with E-state index in [9.17, 15) is 0 Å². The lowest BCUT2D eigenvalue weighted by Gasteiger charge is -2.24. The summed E-state index contributed by atoms with van der Waals surface area (Å²) < 4.78 is 11.1. The van der Waals surface area contributed by atoms with Crippen LogP contribution in [0.5, 0.6) is 11.5 Å². The van der Waals surface area contributed by atoms with Crippen molar-refractivity contribution in [2.24, 2.45) is 0 Å². The molecule has 4 nitrogen and oxygen atoms in total. The minimum Gasteiger partial charge on any atom is -0.493 e. The summed E-state index contributed by atoms with van der Waals surface area (Å²) in [7, 11) is 3.52. The summed E-state index contributed by atoms with van der Waals surface area (Å²) in [5, 5.41) is 3.81. The number of nitrogens with one attached hydrogen (secondary N) is 1. The maximum Gasteiger partial charge on any atom is 0.168 e. The average Bonchev–Trinajstić information content (AvgIpc) is 2.52. The number of thiocarbonyl (C=S) groups is 1. The van der Waals surface area contributed by atoms with Crippen molar-refractivity contribution in [2.45, 2.75) is 33.2 Å². The first-order chi connectivity index (χ1) is 10.2. The number of hydrogen-bond acceptors (Lipinski definition) is 3. The van der Waals surface area contributed by atoms with Crippen molar-refractivity contribution in [3.63, 3.8) is 0 Å². The van der Waals surface area contributed by atoms with Gasteiger partial charge in [0.15, 0.2) is 16.6 Å². The van der Waals surface area contributed by atoms with Crippen LogP contribution in [0.4, 0.5) is 0 Å². The van der Waals surface area contributed by atoms with Gasteiger partial charge in [-0.25, -0.2) is 0 Å². The second kappa shape index (κ2) is 9.45. The molecule has 1 rings (SSSR count). The molecule has 0 fully saturated rings. The van der Waals surface area contributed by atoms with Gasteiger partial charge in [-0.3, -0.25) is 0 Å². The van der Waals surface area contributed by atoms with E-state index >= 15 is 0 Å². The molecule has 1 aromatic rings. The van der Waals surface area contributed by atoms with Gasteiger partial charge < -0.3 is 19.7 Å². The van der Waals surface area contributed by atoms with E-state index in [1.807, 2.05) is 19.2 Å². The largest absolute Gasteiger partial charge is 0.493 e. The number of benzene rings is 1. The van der Waals surface area contributed by atoms with Crippen molar-refractivity contribution in [3.8, 4) is 11.5 Å². The summed E-state index contributed by atoms with van der Waals surface area (Å²) in [4.78, 5) is 2.15. The Kier molecular flexibility index (Phi) is 7.90. The molecule has 0 atom stereocenters. The van der Waals surface area contributed by atoms with E-state index in [0.717, 1.165) is 48.1 Å². The van der Waals surface area contributed by atoms with Crippen molar-refractivity contribution in [2.75, 3.05) is 27.3 Å². The highest BCUT2D eigenvalue weighted by molar-refractivity contribution is 7.80. The van der Waals surface area contributed by atoms with Gasteiger partial charge >= 0.3 is 0 Å². The standard InChI is InChI=1S/C16H26N2O2S/c1-5-9-18(16(21)17-3)12-13-7-8-14(20-10-6-2)15(11-13)19-4/h7-8,11H,5-6,9-10,12H2,1-4H3,(H,17,21). The summed E-state index contributed by atoms with van der Waals surface area (Å²) in [5.41, 5.74) is 1.15. The summed E-state index contributed by atoms with van der Waals surface area (Å²) in [6, 6.07) is 6.05. The normalized spacial score (nSPS) is 10.1. The molecule has 0 aliphatic carbocycles. The molecule has 0 aromatic heterocycles. The van der Waals surface area contributed by atoms with E-state index in [1.54, 1.807) is 7.11 Å². The molecule has 0 heterocycles. The van der Waals surface area contributed by atoms with Gasteiger partial charge in [0, 0.05) is 20.1 Å². The molecule has 0 unspecified atom stereocenters. The molecule has 1 aromatic carbocycles. The molecule has 0 radical (unpaired) electrons. The lowest BCUT2D eigenvalue weighted by atomic mass is 10.2. The summed E-state index contributed by atoms with van der Waals surface area (Å²) in [6.07, 6.45) is 2.03. The lowest BCUT2D eigenvalue weighted by molar-refractivity contribution is 0.293. The van der Waals surface area contributed by atoms with Crippen LogP contribution in [0.15, 0.2) is 18.2 Å². The van der Waals surface area contributed by atoms with Crippen molar-refractivity contribution in [3.05, 3.63) is 23.8 Å². The zero-order chi connectivity index (χ0) is 15.7. The van der Waals surface area contributed by atoms with Gasteiger partial charge in [0.05, 0.1) is 13.7 Å². The molecule has 0 saturated heterocycles. The lowest BCUT2D eigenvalue weighted by Crippen LogP contribution is -2.37. The third-order valence-electron chi connectivity index (χ3n) is 3.06. The maximum atomic E-state index is 5.68. The van der Waals surface area contributed by atoms with Crippen LogP contribution < -0.4 is 14.8 Å². The molecule has 0 amide bonds. The molecular formula is C16H26N2O2S. The second-order valence-electron chi connectivity index (χ2n) is 4.81. The predicted octanol–water partition coefficient (Wildman–Crippen LogP) is 3.20. The maximum absolute atomic E-state index is 5.68. The highest BCUT2D eigenvalue weighted by Crippen LogP contribution is 2.28. The van der Waals surface area contributed by atoms with Crippen LogP contribution in [-0.4, -0.2) is 37.3 Å². The minimum absolute atomic E-state index is 0.696. The number of ether oxygens (including phenoxy) is 2. The third kappa shape index (κ3) is 5.42. The first-order valence-corrected chi connectivity index (χ1v) is 7.83. The van der Waals surface area contributed by atoms with Crippen LogP contribution in [0, 0.1) is 0 Å². The topological polar surface area (TPSA) is 33.7 Å². The van der Waals surface area contributed by atoms with Gasteiger partial charge in [0.2, 0.25) is 0 Å². The van der Waals surface area contributed by atoms with Crippen molar-refractivity contribution < 1.29 is 9.47 Å². The molecule has 1 N–H and O–H groups in total. The zero-order valence-electron chi connectivity index (χ0n) is 13.4.